The molecule has 0 saturated heterocycles. The van der Waals surface area contributed by atoms with Crippen LogP contribution in [0.3, 0.4) is 0 Å². The molecule has 66 heavy (non-hydrogen) atoms. The van der Waals surface area contributed by atoms with E-state index in [9.17, 15) is 43.7 Å². The van der Waals surface area contributed by atoms with Gasteiger partial charge in [0.15, 0.2) is 6.10 Å². The first-order valence-corrected chi connectivity index (χ1v) is 26.8. The summed E-state index contributed by atoms with van der Waals surface area (Å²) in [6, 6.07) is 0. The van der Waals surface area contributed by atoms with E-state index >= 15 is 0 Å². The summed E-state index contributed by atoms with van der Waals surface area (Å²) >= 11 is 0. The van der Waals surface area contributed by atoms with Crippen molar-refractivity contribution in [3.05, 3.63) is 72.9 Å². The molecule has 7 atom stereocenters. The van der Waals surface area contributed by atoms with Crippen molar-refractivity contribution in [3.8, 4) is 0 Å². The standard InChI is InChI=1S/C48H80O16P2/c1-3-5-7-8-9-10-11-12-13-14-15-16-17-18-19-20-21-22-28-32-48(54)64-42(39-63-66(58,59)62-37-41(50)36-61-65(55,56)57)38-60-47(53)31-27-24-23-26-30-43-44(46(52)35-45(43)51)34-33-40(49)29-25-6-4-2/h9-10,12-13,15-16,18-19,21-22,33-34,40-44,46,49-50,52H,3-8,11,14,17,20,23-32,35-39H2,1-2H3,(H,58,59)(H2,55,56,57)/b10-9-,13-12-,16-15-,19-18-,22-21-,34-33+/t40-,41-,42+,43+,44+,46+/m0/s1. The summed E-state index contributed by atoms with van der Waals surface area (Å²) in [5.74, 6) is -1.96. The molecule has 1 fully saturated rings. The zero-order valence-corrected chi connectivity index (χ0v) is 41.0. The number of unbranched alkanes of at least 4 members (excludes halogenated alkanes) is 8. The average molecular weight is 975 g/mol. The highest BCUT2D eigenvalue weighted by Crippen LogP contribution is 2.44. The van der Waals surface area contributed by atoms with Crippen LogP contribution in [0.5, 0.6) is 0 Å². The number of rotatable bonds is 40. The first kappa shape index (κ1) is 61.2. The molecule has 378 valence electrons. The smallest absolute Gasteiger partial charge is 0.462 e. The number of aliphatic hydroxyl groups excluding tert-OH is 3. The lowest BCUT2D eigenvalue weighted by Gasteiger charge is -2.20. The van der Waals surface area contributed by atoms with Crippen LogP contribution in [0.25, 0.3) is 0 Å². The van der Waals surface area contributed by atoms with Gasteiger partial charge in [-0.05, 0) is 64.2 Å². The molecule has 1 aliphatic carbocycles. The molecule has 0 aromatic rings. The number of phosphoric ester groups is 2. The van der Waals surface area contributed by atoms with Crippen LogP contribution in [-0.4, -0.2) is 98.6 Å². The van der Waals surface area contributed by atoms with Crippen molar-refractivity contribution < 1.29 is 76.6 Å². The van der Waals surface area contributed by atoms with Crippen molar-refractivity contribution in [2.75, 3.05) is 26.4 Å². The van der Waals surface area contributed by atoms with Gasteiger partial charge in [0, 0.05) is 31.1 Å². The van der Waals surface area contributed by atoms with Gasteiger partial charge >= 0.3 is 27.6 Å². The highest BCUT2D eigenvalue weighted by molar-refractivity contribution is 7.47. The second kappa shape index (κ2) is 38.1. The Morgan fingerprint density at radius 3 is 1.85 bits per heavy atom. The maximum atomic E-state index is 12.7. The molecule has 16 nitrogen and oxygen atoms in total. The predicted octanol–water partition coefficient (Wildman–Crippen LogP) is 9.15. The third-order valence-corrected chi connectivity index (χ3v) is 11.9. The zero-order chi connectivity index (χ0) is 48.9. The van der Waals surface area contributed by atoms with Gasteiger partial charge in [0.2, 0.25) is 0 Å². The van der Waals surface area contributed by atoms with Gasteiger partial charge in [0.1, 0.15) is 18.5 Å². The summed E-state index contributed by atoms with van der Waals surface area (Å²) in [4.78, 5) is 65.6. The zero-order valence-electron chi connectivity index (χ0n) is 39.2. The summed E-state index contributed by atoms with van der Waals surface area (Å²) in [5.41, 5.74) is 0. The van der Waals surface area contributed by atoms with Gasteiger partial charge in [0.25, 0.3) is 0 Å². The average Bonchev–Trinajstić information content (AvgIpc) is 3.54. The summed E-state index contributed by atoms with van der Waals surface area (Å²) < 4.78 is 47.8. The number of esters is 2. The third kappa shape index (κ3) is 34.4. The molecule has 0 heterocycles. The minimum atomic E-state index is -4.91. The van der Waals surface area contributed by atoms with Gasteiger partial charge in [-0.15, -0.1) is 0 Å². The van der Waals surface area contributed by atoms with E-state index in [1.807, 2.05) is 18.2 Å². The van der Waals surface area contributed by atoms with E-state index in [-0.39, 0.29) is 36.9 Å². The lowest BCUT2D eigenvalue weighted by molar-refractivity contribution is -0.161. The number of Topliss-reactive ketones (excluding diaryl/α,β-unsaturated/α-hetero) is 1. The van der Waals surface area contributed by atoms with Crippen LogP contribution in [0.1, 0.15) is 149 Å². The van der Waals surface area contributed by atoms with Gasteiger partial charge in [-0.25, -0.2) is 9.13 Å². The summed E-state index contributed by atoms with van der Waals surface area (Å²) in [7, 11) is -9.80. The molecule has 1 aliphatic rings. The van der Waals surface area contributed by atoms with E-state index in [1.165, 1.54) is 19.3 Å². The van der Waals surface area contributed by atoms with Gasteiger partial charge in [0.05, 0.1) is 32.0 Å². The van der Waals surface area contributed by atoms with Crippen LogP contribution < -0.4 is 0 Å². The van der Waals surface area contributed by atoms with Gasteiger partial charge in [-0.3, -0.25) is 28.0 Å². The van der Waals surface area contributed by atoms with Crippen LogP contribution in [-0.2, 0) is 46.6 Å². The largest absolute Gasteiger partial charge is 0.472 e. The number of aliphatic hydroxyl groups is 3. The highest BCUT2D eigenvalue weighted by Gasteiger charge is 2.39. The number of hydrogen-bond donors (Lipinski definition) is 6. The van der Waals surface area contributed by atoms with Crippen molar-refractivity contribution in [1.29, 1.82) is 0 Å². The summed E-state index contributed by atoms with van der Waals surface area (Å²) in [5, 5.41) is 30.5. The van der Waals surface area contributed by atoms with E-state index in [2.05, 4.69) is 65.4 Å². The Labute approximate surface area is 393 Å². The van der Waals surface area contributed by atoms with Gasteiger partial charge in [-0.1, -0.05) is 138 Å². The molecule has 6 N–H and O–H groups in total. The molecule has 1 saturated carbocycles. The van der Waals surface area contributed by atoms with Crippen molar-refractivity contribution in [2.45, 2.75) is 173 Å². The number of carbonyl (C=O) groups is 3. The van der Waals surface area contributed by atoms with E-state index in [4.69, 9.17) is 23.8 Å². The normalized spacial score (nSPS) is 19.6. The molecular weight excluding hydrogens is 894 g/mol. The summed E-state index contributed by atoms with van der Waals surface area (Å²) in [6.45, 7) is 1.28. The van der Waals surface area contributed by atoms with Crippen LogP contribution in [0.2, 0.25) is 0 Å². The quantitative estimate of drug-likeness (QED) is 0.0145. The molecule has 1 unspecified atom stereocenters. The Hall–Kier alpha value is -2.85. The molecule has 0 aromatic carbocycles. The van der Waals surface area contributed by atoms with Gasteiger partial charge < -0.3 is 39.5 Å². The lowest BCUT2D eigenvalue weighted by atomic mass is 9.88. The number of ether oxygens (including phenoxy) is 2. The molecule has 1 rings (SSSR count). The maximum Gasteiger partial charge on any atom is 0.472 e. The molecule has 0 amide bonds. The second-order valence-electron chi connectivity index (χ2n) is 16.5. The van der Waals surface area contributed by atoms with E-state index in [0.717, 1.165) is 51.4 Å². The minimum absolute atomic E-state index is 0.00430. The van der Waals surface area contributed by atoms with Crippen molar-refractivity contribution in [2.24, 2.45) is 11.8 Å². The SMILES string of the molecule is CCCCC/C=C\C/C=C\C/C=C\C/C=C\C/C=C\CCC(=O)O[C@H](COC(=O)CCCCCC[C@H]1C(=O)C[C@@H](O)[C@@H]1/C=C/[C@@H](O)CCCCC)COP(=O)(O)OC[C@@H](O)COP(=O)(O)O. The summed E-state index contributed by atoms with van der Waals surface area (Å²) in [6.07, 6.45) is 35.2. The predicted molar refractivity (Wildman–Crippen MR) is 254 cm³/mol. The van der Waals surface area contributed by atoms with Gasteiger partial charge in [-0.2, -0.15) is 0 Å². The molecule has 0 spiro atoms. The second-order valence-corrected chi connectivity index (χ2v) is 19.1. The molecule has 0 radical (unpaired) electrons. The van der Waals surface area contributed by atoms with Crippen molar-refractivity contribution in [1.82, 2.24) is 0 Å². The monoisotopic (exact) mass is 974 g/mol. The van der Waals surface area contributed by atoms with Crippen LogP contribution in [0.4, 0.5) is 0 Å². The van der Waals surface area contributed by atoms with Crippen LogP contribution in [0, 0.1) is 11.8 Å². The first-order valence-electron chi connectivity index (χ1n) is 23.7. The topological polar surface area (TPSA) is 253 Å². The Bertz CT molecular complexity index is 1600. The maximum absolute atomic E-state index is 12.7. The van der Waals surface area contributed by atoms with Crippen molar-refractivity contribution >= 4 is 33.4 Å². The number of ketones is 1. The van der Waals surface area contributed by atoms with E-state index in [1.54, 1.807) is 12.2 Å². The molecule has 0 aromatic heterocycles. The number of carbonyl (C=O) groups excluding carboxylic acids is 3. The van der Waals surface area contributed by atoms with Crippen LogP contribution >= 0.6 is 15.6 Å². The van der Waals surface area contributed by atoms with Crippen LogP contribution in [0.15, 0.2) is 72.9 Å². The molecule has 18 heteroatoms. The Kier molecular flexibility index (Phi) is 35.3. The fourth-order valence-corrected chi connectivity index (χ4v) is 7.97. The number of phosphoric acid groups is 2. The lowest BCUT2D eigenvalue weighted by Crippen LogP contribution is -2.29. The fourth-order valence-electron chi connectivity index (χ4n) is 6.81. The first-order chi connectivity index (χ1) is 31.6. The fraction of sp³-hybridized carbons (Fsp3) is 0.688. The number of hydrogen-bond acceptors (Lipinski definition) is 13. The van der Waals surface area contributed by atoms with E-state index in [0.29, 0.717) is 44.9 Å². The Balaban J connectivity index is 2.57. The van der Waals surface area contributed by atoms with Crippen molar-refractivity contribution in [3.63, 3.8) is 0 Å². The third-order valence-electron chi connectivity index (χ3n) is 10.5. The molecule has 0 aliphatic heterocycles. The molecule has 0 bridgehead atoms. The highest BCUT2D eigenvalue weighted by atomic mass is 31.2. The Morgan fingerprint density at radius 2 is 1.23 bits per heavy atom. The minimum Gasteiger partial charge on any atom is -0.462 e. The molecular formula is C48H80O16P2. The Morgan fingerprint density at radius 1 is 0.667 bits per heavy atom. The van der Waals surface area contributed by atoms with E-state index < -0.39 is 78.4 Å². The number of allylic oxidation sites excluding steroid dienone is 10.